The topological polar surface area (TPSA) is 98.2 Å². The molecule has 0 bridgehead atoms. The molecule has 0 fully saturated rings. The van der Waals surface area contributed by atoms with E-state index in [0.717, 1.165) is 23.1 Å². The minimum atomic E-state index is -3.40. The maximum atomic E-state index is 12.3. The van der Waals surface area contributed by atoms with Crippen molar-refractivity contribution < 1.29 is 17.9 Å². The van der Waals surface area contributed by atoms with Crippen molar-refractivity contribution in [2.75, 3.05) is 18.7 Å². The Labute approximate surface area is 163 Å². The lowest BCUT2D eigenvalue weighted by atomic mass is 10.1. The van der Waals surface area contributed by atoms with E-state index in [2.05, 4.69) is 15.5 Å². The molecule has 1 N–H and O–H groups in total. The van der Waals surface area contributed by atoms with Gasteiger partial charge in [0.2, 0.25) is 5.91 Å². The van der Waals surface area contributed by atoms with Crippen LogP contribution in [0.5, 0.6) is 5.75 Å². The van der Waals surface area contributed by atoms with Crippen LogP contribution in [0, 0.1) is 0 Å². The average Bonchev–Trinajstić information content (AvgIpc) is 2.68. The highest BCUT2D eigenvalue weighted by atomic mass is 32.2. The van der Waals surface area contributed by atoms with Gasteiger partial charge in [-0.3, -0.25) is 4.79 Å². The minimum Gasteiger partial charge on any atom is -0.497 e. The SMILES string of the molecule is COc1ccc(CC(=O)Nc2cccc(-c3ccc(S(C)(=O)=O)nn3)c2)cc1. The monoisotopic (exact) mass is 397 g/mol. The van der Waals surface area contributed by atoms with E-state index in [1.807, 2.05) is 30.3 Å². The summed E-state index contributed by atoms with van der Waals surface area (Å²) in [5.74, 6) is 0.584. The van der Waals surface area contributed by atoms with E-state index in [1.54, 1.807) is 31.4 Å². The lowest BCUT2D eigenvalue weighted by Gasteiger charge is -2.08. The fourth-order valence-corrected chi connectivity index (χ4v) is 3.07. The van der Waals surface area contributed by atoms with E-state index in [9.17, 15) is 13.2 Å². The van der Waals surface area contributed by atoms with Gasteiger partial charge in [0.25, 0.3) is 0 Å². The Morgan fingerprint density at radius 1 is 1.04 bits per heavy atom. The zero-order chi connectivity index (χ0) is 20.1. The number of hydrogen-bond acceptors (Lipinski definition) is 6. The van der Waals surface area contributed by atoms with Crippen LogP contribution < -0.4 is 10.1 Å². The number of carbonyl (C=O) groups excluding carboxylic acids is 1. The Morgan fingerprint density at radius 3 is 2.39 bits per heavy atom. The third kappa shape index (κ3) is 4.92. The number of methoxy groups -OCH3 is 1. The summed E-state index contributed by atoms with van der Waals surface area (Å²) in [5.41, 5.74) is 2.72. The third-order valence-corrected chi connectivity index (χ3v) is 4.96. The first kappa shape index (κ1) is 19.5. The molecular formula is C20H19N3O4S. The number of nitrogens with one attached hydrogen (secondary N) is 1. The van der Waals surface area contributed by atoms with Crippen LogP contribution in [0.4, 0.5) is 5.69 Å². The maximum absolute atomic E-state index is 12.3. The van der Waals surface area contributed by atoms with Crippen molar-refractivity contribution in [2.24, 2.45) is 0 Å². The second-order valence-corrected chi connectivity index (χ2v) is 8.15. The summed E-state index contributed by atoms with van der Waals surface area (Å²) in [6, 6.07) is 17.4. The van der Waals surface area contributed by atoms with Gasteiger partial charge in [-0.1, -0.05) is 24.3 Å². The van der Waals surface area contributed by atoms with E-state index in [4.69, 9.17) is 4.74 Å². The lowest BCUT2D eigenvalue weighted by Crippen LogP contribution is -2.14. The highest BCUT2D eigenvalue weighted by molar-refractivity contribution is 7.90. The largest absolute Gasteiger partial charge is 0.497 e. The number of rotatable bonds is 6. The Balaban J connectivity index is 1.71. The zero-order valence-electron chi connectivity index (χ0n) is 15.4. The minimum absolute atomic E-state index is 0.0831. The van der Waals surface area contributed by atoms with Gasteiger partial charge in [-0.25, -0.2) is 8.42 Å². The number of amides is 1. The van der Waals surface area contributed by atoms with E-state index in [1.165, 1.54) is 6.07 Å². The number of carbonyl (C=O) groups is 1. The van der Waals surface area contributed by atoms with Gasteiger partial charge in [0, 0.05) is 17.5 Å². The Morgan fingerprint density at radius 2 is 1.79 bits per heavy atom. The molecule has 0 atom stereocenters. The lowest BCUT2D eigenvalue weighted by molar-refractivity contribution is -0.115. The van der Waals surface area contributed by atoms with Crippen LogP contribution in [0.3, 0.4) is 0 Å². The maximum Gasteiger partial charge on any atom is 0.228 e. The molecule has 0 aliphatic carbocycles. The van der Waals surface area contributed by atoms with Crippen molar-refractivity contribution in [1.29, 1.82) is 0 Å². The van der Waals surface area contributed by atoms with Crippen molar-refractivity contribution in [3.05, 3.63) is 66.2 Å². The molecule has 28 heavy (non-hydrogen) atoms. The quantitative estimate of drug-likeness (QED) is 0.687. The number of benzene rings is 2. The van der Waals surface area contributed by atoms with Crippen LogP contribution in [-0.4, -0.2) is 37.9 Å². The molecule has 3 aromatic rings. The summed E-state index contributed by atoms with van der Waals surface area (Å²) in [7, 11) is -1.81. The second kappa shape index (κ2) is 8.18. The molecular weight excluding hydrogens is 378 g/mol. The van der Waals surface area contributed by atoms with Crippen LogP contribution in [-0.2, 0) is 21.1 Å². The first-order chi connectivity index (χ1) is 13.3. The number of aromatic nitrogens is 2. The Hall–Kier alpha value is -3.26. The highest BCUT2D eigenvalue weighted by Gasteiger charge is 2.11. The third-order valence-electron chi connectivity index (χ3n) is 3.99. The van der Waals surface area contributed by atoms with Gasteiger partial charge in [-0.2, -0.15) is 0 Å². The molecule has 2 aromatic carbocycles. The number of sulfone groups is 1. The van der Waals surface area contributed by atoms with E-state index >= 15 is 0 Å². The fourth-order valence-electron chi connectivity index (χ4n) is 2.56. The number of anilines is 1. The van der Waals surface area contributed by atoms with Crippen LogP contribution in [0.1, 0.15) is 5.56 Å². The number of hydrogen-bond donors (Lipinski definition) is 1. The van der Waals surface area contributed by atoms with Crippen molar-refractivity contribution >= 4 is 21.4 Å². The van der Waals surface area contributed by atoms with Crippen molar-refractivity contribution in [2.45, 2.75) is 11.4 Å². The van der Waals surface area contributed by atoms with E-state index in [0.29, 0.717) is 11.4 Å². The van der Waals surface area contributed by atoms with Crippen molar-refractivity contribution in [3.63, 3.8) is 0 Å². The van der Waals surface area contributed by atoms with Gasteiger partial charge in [0.15, 0.2) is 14.9 Å². The summed E-state index contributed by atoms with van der Waals surface area (Å²) in [6.07, 6.45) is 1.31. The molecule has 7 nitrogen and oxygen atoms in total. The first-order valence-electron chi connectivity index (χ1n) is 8.42. The summed E-state index contributed by atoms with van der Waals surface area (Å²) < 4.78 is 28.1. The van der Waals surface area contributed by atoms with Gasteiger partial charge < -0.3 is 10.1 Å². The normalized spacial score (nSPS) is 11.1. The number of ether oxygens (including phenoxy) is 1. The van der Waals surface area contributed by atoms with Crippen LogP contribution in [0.25, 0.3) is 11.3 Å². The first-order valence-corrected chi connectivity index (χ1v) is 10.3. The van der Waals surface area contributed by atoms with Crippen LogP contribution >= 0.6 is 0 Å². The molecule has 144 valence electrons. The molecule has 0 unspecified atom stereocenters. The summed E-state index contributed by atoms with van der Waals surface area (Å²) >= 11 is 0. The number of nitrogens with zero attached hydrogens (tertiary/aromatic N) is 2. The average molecular weight is 397 g/mol. The Kier molecular flexibility index (Phi) is 5.70. The molecule has 0 saturated carbocycles. The van der Waals surface area contributed by atoms with Crippen LogP contribution in [0.2, 0.25) is 0 Å². The molecule has 0 aliphatic rings. The molecule has 3 rings (SSSR count). The second-order valence-electron chi connectivity index (χ2n) is 6.18. The van der Waals surface area contributed by atoms with Crippen molar-refractivity contribution in [3.8, 4) is 17.0 Å². The molecule has 0 saturated heterocycles. The van der Waals surface area contributed by atoms with Gasteiger partial charge in [-0.15, -0.1) is 10.2 Å². The summed E-state index contributed by atoms with van der Waals surface area (Å²) in [6.45, 7) is 0. The fraction of sp³-hybridized carbons (Fsp3) is 0.150. The molecule has 0 radical (unpaired) electrons. The highest BCUT2D eigenvalue weighted by Crippen LogP contribution is 2.21. The molecule has 1 amide bonds. The predicted octanol–water partition coefficient (Wildman–Crippen LogP) is 2.74. The van der Waals surface area contributed by atoms with E-state index < -0.39 is 9.84 Å². The van der Waals surface area contributed by atoms with Crippen molar-refractivity contribution in [1.82, 2.24) is 10.2 Å². The molecule has 0 spiro atoms. The van der Waals surface area contributed by atoms with E-state index in [-0.39, 0.29) is 17.4 Å². The van der Waals surface area contributed by atoms with Gasteiger partial charge in [-0.05, 0) is 42.0 Å². The smallest absolute Gasteiger partial charge is 0.228 e. The van der Waals surface area contributed by atoms with Gasteiger partial charge >= 0.3 is 0 Å². The molecule has 0 aliphatic heterocycles. The molecule has 8 heteroatoms. The zero-order valence-corrected chi connectivity index (χ0v) is 16.2. The van der Waals surface area contributed by atoms with Gasteiger partial charge in [0.1, 0.15) is 5.75 Å². The van der Waals surface area contributed by atoms with Crippen LogP contribution in [0.15, 0.2) is 65.7 Å². The summed E-state index contributed by atoms with van der Waals surface area (Å²) in [5, 5.41) is 10.5. The standard InChI is InChI=1S/C20H19N3O4S/c1-27-17-8-6-14(7-9-17)12-19(24)21-16-5-3-4-15(13-16)18-10-11-20(23-22-18)28(2,25)26/h3-11,13H,12H2,1-2H3,(H,21,24). The molecule has 1 heterocycles. The molecule has 1 aromatic heterocycles. The van der Waals surface area contributed by atoms with Gasteiger partial charge in [0.05, 0.1) is 19.2 Å². The predicted molar refractivity (Wildman–Crippen MR) is 106 cm³/mol. The Bertz CT molecular complexity index is 1080. The summed E-state index contributed by atoms with van der Waals surface area (Å²) in [4.78, 5) is 12.3.